The highest BCUT2D eigenvalue weighted by Gasteiger charge is 2.08. The van der Waals surface area contributed by atoms with E-state index in [0.29, 0.717) is 17.2 Å². The van der Waals surface area contributed by atoms with Gasteiger partial charge in [0.15, 0.2) is 6.61 Å². The van der Waals surface area contributed by atoms with Crippen LogP contribution in [0.25, 0.3) is 10.8 Å². The van der Waals surface area contributed by atoms with Crippen molar-refractivity contribution in [3.63, 3.8) is 0 Å². The zero-order valence-electron chi connectivity index (χ0n) is 19.2. The first-order chi connectivity index (χ1) is 17.1. The number of hydrogen-bond acceptors (Lipinski definition) is 5. The Morgan fingerprint density at radius 3 is 2.43 bits per heavy atom. The minimum Gasteiger partial charge on any atom is -0.495 e. The molecule has 176 valence electrons. The summed E-state index contributed by atoms with van der Waals surface area (Å²) in [5.41, 5.74) is 4.88. The number of ether oxygens (including phenoxy) is 2. The molecular formula is C28H25N3O4. The van der Waals surface area contributed by atoms with Crippen LogP contribution in [0.5, 0.6) is 11.5 Å². The molecule has 0 saturated carbocycles. The van der Waals surface area contributed by atoms with Gasteiger partial charge in [0.1, 0.15) is 11.5 Å². The molecule has 0 bridgehead atoms. The van der Waals surface area contributed by atoms with Gasteiger partial charge in [-0.25, -0.2) is 5.43 Å². The third-order valence-electron chi connectivity index (χ3n) is 5.26. The molecule has 0 unspecified atom stereocenters. The van der Waals surface area contributed by atoms with Crippen LogP contribution in [0, 0.1) is 0 Å². The minimum atomic E-state index is -0.297. The number of carbonyl (C=O) groups is 2. The molecule has 0 radical (unpaired) electrons. The van der Waals surface area contributed by atoms with Crippen molar-refractivity contribution in [1.82, 2.24) is 5.43 Å². The molecule has 0 fully saturated rings. The summed E-state index contributed by atoms with van der Waals surface area (Å²) in [5.74, 6) is 0.624. The van der Waals surface area contributed by atoms with Gasteiger partial charge in [0.25, 0.3) is 5.91 Å². The largest absolute Gasteiger partial charge is 0.495 e. The number of para-hydroxylation sites is 2. The third kappa shape index (κ3) is 6.45. The van der Waals surface area contributed by atoms with Crippen molar-refractivity contribution < 1.29 is 19.1 Å². The number of rotatable bonds is 9. The molecule has 0 saturated heterocycles. The van der Waals surface area contributed by atoms with E-state index in [9.17, 15) is 9.59 Å². The molecule has 35 heavy (non-hydrogen) atoms. The first kappa shape index (κ1) is 23.5. The Balaban J connectivity index is 1.25. The van der Waals surface area contributed by atoms with Gasteiger partial charge in [-0.2, -0.15) is 5.10 Å². The SMILES string of the molecule is COc1ccccc1NC(=O)COc1ccc(/C=N\NC(=O)Cc2cccc3ccccc23)cc1. The van der Waals surface area contributed by atoms with E-state index >= 15 is 0 Å². The fourth-order valence-electron chi connectivity index (χ4n) is 3.57. The van der Waals surface area contributed by atoms with Crippen LogP contribution < -0.4 is 20.2 Å². The zero-order valence-corrected chi connectivity index (χ0v) is 19.2. The third-order valence-corrected chi connectivity index (χ3v) is 5.26. The number of nitrogens with zero attached hydrogens (tertiary/aromatic N) is 1. The fraction of sp³-hybridized carbons (Fsp3) is 0.107. The van der Waals surface area contributed by atoms with Crippen molar-refractivity contribution in [2.24, 2.45) is 5.10 Å². The lowest BCUT2D eigenvalue weighted by Crippen LogP contribution is -2.20. The summed E-state index contributed by atoms with van der Waals surface area (Å²) in [4.78, 5) is 24.5. The molecule has 0 aromatic heterocycles. The second kappa shape index (κ2) is 11.5. The summed E-state index contributed by atoms with van der Waals surface area (Å²) in [6.45, 7) is -0.143. The van der Waals surface area contributed by atoms with Gasteiger partial charge in [0, 0.05) is 0 Å². The number of anilines is 1. The summed E-state index contributed by atoms with van der Waals surface area (Å²) < 4.78 is 10.8. The van der Waals surface area contributed by atoms with Gasteiger partial charge in [-0.05, 0) is 58.3 Å². The maximum atomic E-state index is 12.3. The van der Waals surface area contributed by atoms with Crippen molar-refractivity contribution in [1.29, 1.82) is 0 Å². The second-order valence-corrected chi connectivity index (χ2v) is 7.71. The lowest BCUT2D eigenvalue weighted by molar-refractivity contribution is -0.120. The number of carbonyl (C=O) groups excluding carboxylic acids is 2. The standard InChI is InChI=1S/C28H25N3O4/c1-34-26-12-5-4-11-25(26)30-28(33)19-35-23-15-13-20(14-16-23)18-29-31-27(32)17-22-9-6-8-21-7-2-3-10-24(21)22/h2-16,18H,17,19H2,1H3,(H,30,33)(H,31,32)/b29-18-. The highest BCUT2D eigenvalue weighted by atomic mass is 16.5. The van der Waals surface area contributed by atoms with Crippen molar-refractivity contribution >= 4 is 34.5 Å². The van der Waals surface area contributed by atoms with E-state index in [1.165, 1.54) is 0 Å². The van der Waals surface area contributed by atoms with Crippen molar-refractivity contribution in [3.05, 3.63) is 102 Å². The molecule has 7 nitrogen and oxygen atoms in total. The summed E-state index contributed by atoms with van der Waals surface area (Å²) in [6, 6.07) is 28.1. The number of methoxy groups -OCH3 is 1. The molecule has 0 atom stereocenters. The Hall–Kier alpha value is -4.65. The monoisotopic (exact) mass is 467 g/mol. The smallest absolute Gasteiger partial charge is 0.262 e. The first-order valence-corrected chi connectivity index (χ1v) is 11.1. The van der Waals surface area contributed by atoms with Crippen LogP contribution in [0.3, 0.4) is 0 Å². The molecule has 7 heteroatoms. The van der Waals surface area contributed by atoms with E-state index in [1.54, 1.807) is 49.7 Å². The topological polar surface area (TPSA) is 89.0 Å². The maximum absolute atomic E-state index is 12.3. The lowest BCUT2D eigenvalue weighted by Gasteiger charge is -2.10. The average molecular weight is 468 g/mol. The van der Waals surface area contributed by atoms with E-state index in [0.717, 1.165) is 21.9 Å². The number of fused-ring (bicyclic) bond motifs is 1. The van der Waals surface area contributed by atoms with Crippen molar-refractivity contribution in [2.45, 2.75) is 6.42 Å². The number of hydrazone groups is 1. The van der Waals surface area contributed by atoms with Crippen molar-refractivity contribution in [3.8, 4) is 11.5 Å². The van der Waals surface area contributed by atoms with Crippen LogP contribution in [-0.4, -0.2) is 31.7 Å². The van der Waals surface area contributed by atoms with E-state index < -0.39 is 0 Å². The highest BCUT2D eigenvalue weighted by Crippen LogP contribution is 2.23. The number of nitrogens with one attached hydrogen (secondary N) is 2. The van der Waals surface area contributed by atoms with Gasteiger partial charge in [0.05, 0.1) is 25.4 Å². The van der Waals surface area contributed by atoms with Crippen LogP contribution in [0.4, 0.5) is 5.69 Å². The normalized spacial score (nSPS) is 10.8. The molecule has 4 rings (SSSR count). The van der Waals surface area contributed by atoms with E-state index in [4.69, 9.17) is 9.47 Å². The highest BCUT2D eigenvalue weighted by molar-refractivity contribution is 5.93. The van der Waals surface area contributed by atoms with E-state index in [2.05, 4.69) is 15.8 Å². The van der Waals surface area contributed by atoms with Crippen LogP contribution in [-0.2, 0) is 16.0 Å². The number of amides is 2. The predicted octanol–water partition coefficient (Wildman–Crippen LogP) is 4.56. The lowest BCUT2D eigenvalue weighted by atomic mass is 10.0. The Kier molecular flexibility index (Phi) is 7.70. The molecule has 4 aromatic carbocycles. The van der Waals surface area contributed by atoms with Crippen molar-refractivity contribution in [2.75, 3.05) is 19.0 Å². The summed E-state index contributed by atoms with van der Waals surface area (Å²) in [6.07, 6.45) is 1.79. The van der Waals surface area contributed by atoms with E-state index in [-0.39, 0.29) is 24.8 Å². The van der Waals surface area contributed by atoms with Crippen LogP contribution in [0.2, 0.25) is 0 Å². The summed E-state index contributed by atoms with van der Waals surface area (Å²) >= 11 is 0. The Bertz CT molecular complexity index is 1340. The van der Waals surface area contributed by atoms with Gasteiger partial charge in [-0.1, -0.05) is 54.6 Å². The molecule has 2 amide bonds. The fourth-order valence-corrected chi connectivity index (χ4v) is 3.57. The Morgan fingerprint density at radius 2 is 1.60 bits per heavy atom. The number of hydrogen-bond donors (Lipinski definition) is 2. The quantitative estimate of drug-likeness (QED) is 0.279. The van der Waals surface area contributed by atoms with Gasteiger partial charge in [-0.15, -0.1) is 0 Å². The molecule has 0 aliphatic carbocycles. The molecule has 2 N–H and O–H groups in total. The van der Waals surface area contributed by atoms with Crippen LogP contribution >= 0.6 is 0 Å². The molecule has 4 aromatic rings. The van der Waals surface area contributed by atoms with Gasteiger partial charge in [0.2, 0.25) is 5.91 Å². The second-order valence-electron chi connectivity index (χ2n) is 7.71. The zero-order chi connectivity index (χ0) is 24.5. The van der Waals surface area contributed by atoms with Gasteiger partial charge >= 0.3 is 0 Å². The molecule has 0 heterocycles. The minimum absolute atomic E-state index is 0.143. The predicted molar refractivity (Wildman–Crippen MR) is 137 cm³/mol. The first-order valence-electron chi connectivity index (χ1n) is 11.1. The van der Waals surface area contributed by atoms with Crippen LogP contribution in [0.1, 0.15) is 11.1 Å². The number of benzene rings is 4. The molecule has 0 aliphatic rings. The Morgan fingerprint density at radius 1 is 0.857 bits per heavy atom. The summed E-state index contributed by atoms with van der Waals surface area (Å²) in [7, 11) is 1.54. The summed E-state index contributed by atoms with van der Waals surface area (Å²) in [5, 5.41) is 8.96. The molecule has 0 spiro atoms. The molecular weight excluding hydrogens is 442 g/mol. The maximum Gasteiger partial charge on any atom is 0.262 e. The van der Waals surface area contributed by atoms with Gasteiger partial charge < -0.3 is 14.8 Å². The molecule has 0 aliphatic heterocycles. The van der Waals surface area contributed by atoms with Crippen LogP contribution in [0.15, 0.2) is 96.1 Å². The average Bonchev–Trinajstić information content (AvgIpc) is 2.89. The van der Waals surface area contributed by atoms with E-state index in [1.807, 2.05) is 54.6 Å². The Labute approximate surface area is 203 Å². The van der Waals surface area contributed by atoms with Gasteiger partial charge in [-0.3, -0.25) is 9.59 Å².